The van der Waals surface area contributed by atoms with Gasteiger partial charge in [-0.15, -0.1) is 24.5 Å². The molecule has 13 heteroatoms. The molecule has 9 nitrogen and oxygen atoms in total. The van der Waals surface area contributed by atoms with Gasteiger partial charge in [-0.25, -0.2) is 15.0 Å². The van der Waals surface area contributed by atoms with Crippen molar-refractivity contribution in [2.24, 2.45) is 0 Å². The number of amides is 1. The minimum absolute atomic E-state index is 0.126. The molecule has 0 unspecified atom stereocenters. The van der Waals surface area contributed by atoms with Crippen LogP contribution < -0.4 is 22.1 Å². The SMILES string of the molecule is Cc1c(CNNC(=O)OC(C)(C)C)sc2c1c(=O)n(C1CC1)c(=O)n2CCOC(F)(F)F. The summed E-state index contributed by atoms with van der Waals surface area (Å²) >= 11 is 1.10. The number of ether oxygens (including phenoxy) is 2. The number of aryl methyl sites for hydroxylation is 1. The molecular formula is C19H25F3N4O5S. The highest BCUT2D eigenvalue weighted by atomic mass is 32.1. The van der Waals surface area contributed by atoms with E-state index < -0.39 is 35.9 Å². The van der Waals surface area contributed by atoms with Crippen molar-refractivity contribution in [1.82, 2.24) is 20.0 Å². The molecule has 0 radical (unpaired) electrons. The topological polar surface area (TPSA) is 104 Å². The Morgan fingerprint density at radius 1 is 1.22 bits per heavy atom. The van der Waals surface area contributed by atoms with Crippen LogP contribution in [0.2, 0.25) is 0 Å². The number of thiophene rings is 1. The zero-order valence-electron chi connectivity index (χ0n) is 18.1. The van der Waals surface area contributed by atoms with E-state index in [0.717, 1.165) is 20.5 Å². The Kier molecular flexibility index (Phi) is 6.72. The van der Waals surface area contributed by atoms with E-state index in [4.69, 9.17) is 4.74 Å². The molecule has 3 rings (SSSR count). The summed E-state index contributed by atoms with van der Waals surface area (Å²) in [5, 5.41) is 0.280. The number of carbonyl (C=O) groups is 1. The van der Waals surface area contributed by atoms with E-state index in [0.29, 0.717) is 23.3 Å². The first-order chi connectivity index (χ1) is 14.8. The van der Waals surface area contributed by atoms with Gasteiger partial charge in [0.2, 0.25) is 0 Å². The summed E-state index contributed by atoms with van der Waals surface area (Å²) in [6, 6.07) is -0.246. The molecule has 0 aliphatic heterocycles. The fraction of sp³-hybridized carbons (Fsp3) is 0.632. The maximum absolute atomic E-state index is 13.0. The van der Waals surface area contributed by atoms with Crippen molar-refractivity contribution in [3.05, 3.63) is 31.3 Å². The van der Waals surface area contributed by atoms with Crippen LogP contribution in [-0.2, 0) is 22.6 Å². The molecule has 32 heavy (non-hydrogen) atoms. The Balaban J connectivity index is 1.90. The number of alkyl halides is 3. The monoisotopic (exact) mass is 478 g/mol. The fourth-order valence-electron chi connectivity index (χ4n) is 3.18. The lowest BCUT2D eigenvalue weighted by Gasteiger charge is -2.19. The third-order valence-corrected chi connectivity index (χ3v) is 5.99. The predicted molar refractivity (Wildman–Crippen MR) is 112 cm³/mol. The van der Waals surface area contributed by atoms with Crippen molar-refractivity contribution in [1.29, 1.82) is 0 Å². The van der Waals surface area contributed by atoms with E-state index in [-0.39, 0.29) is 29.3 Å². The van der Waals surface area contributed by atoms with Crippen molar-refractivity contribution in [2.75, 3.05) is 6.61 Å². The number of halogens is 3. The summed E-state index contributed by atoms with van der Waals surface area (Å²) in [5.74, 6) is 0. The van der Waals surface area contributed by atoms with E-state index in [1.165, 1.54) is 0 Å². The number of fused-ring (bicyclic) bond motifs is 1. The van der Waals surface area contributed by atoms with Crippen molar-refractivity contribution < 1.29 is 27.4 Å². The quantitative estimate of drug-likeness (QED) is 0.593. The van der Waals surface area contributed by atoms with Gasteiger partial charge in [0, 0.05) is 17.5 Å². The van der Waals surface area contributed by atoms with Crippen LogP contribution in [0.25, 0.3) is 10.2 Å². The molecule has 1 aliphatic carbocycles. The van der Waals surface area contributed by atoms with Crippen molar-refractivity contribution in [3.8, 4) is 0 Å². The lowest BCUT2D eigenvalue weighted by atomic mass is 10.2. The number of nitrogens with zero attached hydrogens (tertiary/aromatic N) is 2. The van der Waals surface area contributed by atoms with Gasteiger partial charge in [-0.1, -0.05) is 0 Å². The van der Waals surface area contributed by atoms with Gasteiger partial charge in [-0.3, -0.25) is 24.1 Å². The van der Waals surface area contributed by atoms with Gasteiger partial charge in [0.25, 0.3) is 5.56 Å². The molecule has 0 atom stereocenters. The molecule has 178 valence electrons. The highest BCUT2D eigenvalue weighted by Crippen LogP contribution is 2.34. The molecule has 0 aromatic carbocycles. The van der Waals surface area contributed by atoms with Gasteiger partial charge >= 0.3 is 18.1 Å². The molecule has 2 N–H and O–H groups in total. The second-order valence-corrected chi connectivity index (χ2v) is 9.53. The molecule has 0 bridgehead atoms. The minimum Gasteiger partial charge on any atom is -0.443 e. The standard InChI is InChI=1S/C19H25F3N4O5S/c1-10-12(9-23-24-16(28)31-18(2,3)4)32-15-13(10)14(27)26(11-5-6-11)17(29)25(15)7-8-30-19(20,21)22/h11,23H,5-9H2,1-4H3,(H,24,28). The van der Waals surface area contributed by atoms with Crippen LogP contribution >= 0.6 is 11.3 Å². The summed E-state index contributed by atoms with van der Waals surface area (Å²) < 4.78 is 48.5. The number of carbonyl (C=O) groups excluding carboxylic acids is 1. The zero-order valence-corrected chi connectivity index (χ0v) is 18.9. The second kappa shape index (κ2) is 8.87. The highest BCUT2D eigenvalue weighted by Gasteiger charge is 2.32. The van der Waals surface area contributed by atoms with Gasteiger partial charge in [0.15, 0.2) is 0 Å². The zero-order chi connectivity index (χ0) is 23.8. The first-order valence-corrected chi connectivity index (χ1v) is 10.8. The summed E-state index contributed by atoms with van der Waals surface area (Å²) in [5.41, 5.74) is 3.90. The van der Waals surface area contributed by atoms with Crippen LogP contribution in [0.4, 0.5) is 18.0 Å². The third-order valence-electron chi connectivity index (χ3n) is 4.67. The first-order valence-electron chi connectivity index (χ1n) is 9.98. The Labute approximate surface area is 185 Å². The summed E-state index contributed by atoms with van der Waals surface area (Å²) in [7, 11) is 0. The molecule has 2 heterocycles. The Hall–Kier alpha value is -2.38. The maximum Gasteiger partial charge on any atom is 0.522 e. The molecule has 1 amide bonds. The molecule has 2 aromatic rings. The van der Waals surface area contributed by atoms with E-state index in [9.17, 15) is 27.6 Å². The van der Waals surface area contributed by atoms with Crippen LogP contribution in [0.5, 0.6) is 0 Å². The fourth-order valence-corrected chi connectivity index (χ4v) is 4.44. The number of rotatable bonds is 7. The maximum atomic E-state index is 13.0. The number of hydrogen-bond acceptors (Lipinski definition) is 7. The molecule has 0 saturated heterocycles. The number of hydrazine groups is 1. The van der Waals surface area contributed by atoms with Crippen LogP contribution in [0.1, 0.15) is 50.1 Å². The summed E-state index contributed by atoms with van der Waals surface area (Å²) in [4.78, 5) is 38.6. The van der Waals surface area contributed by atoms with Crippen molar-refractivity contribution >= 4 is 27.6 Å². The summed E-state index contributed by atoms with van der Waals surface area (Å²) in [6.45, 7) is 5.86. The van der Waals surface area contributed by atoms with Crippen molar-refractivity contribution in [3.63, 3.8) is 0 Å². The number of hydrogen-bond donors (Lipinski definition) is 2. The number of aromatic nitrogens is 2. The van der Waals surface area contributed by atoms with E-state index in [1.807, 2.05) is 0 Å². The largest absolute Gasteiger partial charge is 0.522 e. The first kappa shape index (κ1) is 24.3. The van der Waals surface area contributed by atoms with Gasteiger partial charge < -0.3 is 4.74 Å². The van der Waals surface area contributed by atoms with Gasteiger partial charge in [0.1, 0.15) is 10.4 Å². The van der Waals surface area contributed by atoms with E-state index >= 15 is 0 Å². The predicted octanol–water partition coefficient (Wildman–Crippen LogP) is 2.93. The smallest absolute Gasteiger partial charge is 0.443 e. The van der Waals surface area contributed by atoms with Gasteiger partial charge in [-0.2, -0.15) is 0 Å². The molecule has 0 spiro atoms. The molecule has 1 fully saturated rings. The van der Waals surface area contributed by atoms with Crippen LogP contribution in [0.3, 0.4) is 0 Å². The lowest BCUT2D eigenvalue weighted by molar-refractivity contribution is -0.325. The average molecular weight is 478 g/mol. The third kappa shape index (κ3) is 5.70. The highest BCUT2D eigenvalue weighted by molar-refractivity contribution is 7.18. The Morgan fingerprint density at radius 3 is 2.44 bits per heavy atom. The van der Waals surface area contributed by atoms with Crippen LogP contribution in [0.15, 0.2) is 9.59 Å². The van der Waals surface area contributed by atoms with E-state index in [1.54, 1.807) is 27.7 Å². The summed E-state index contributed by atoms with van der Waals surface area (Å²) in [6.07, 6.45) is -4.18. The normalized spacial score (nSPS) is 14.7. The molecule has 2 aromatic heterocycles. The van der Waals surface area contributed by atoms with Crippen LogP contribution in [0, 0.1) is 6.92 Å². The molecule has 1 saturated carbocycles. The Bertz CT molecular complexity index is 1130. The Morgan fingerprint density at radius 2 is 1.88 bits per heavy atom. The van der Waals surface area contributed by atoms with Gasteiger partial charge in [-0.05, 0) is 46.1 Å². The lowest BCUT2D eigenvalue weighted by Crippen LogP contribution is -2.40. The molecule has 1 aliphatic rings. The van der Waals surface area contributed by atoms with Gasteiger partial charge in [0.05, 0.1) is 18.5 Å². The average Bonchev–Trinajstić information content (AvgIpc) is 3.40. The van der Waals surface area contributed by atoms with E-state index in [2.05, 4.69) is 15.6 Å². The molecular weight excluding hydrogens is 453 g/mol. The number of nitrogens with one attached hydrogen (secondary N) is 2. The van der Waals surface area contributed by atoms with Crippen molar-refractivity contribution in [2.45, 2.75) is 71.6 Å². The minimum atomic E-state index is -4.82. The second-order valence-electron chi connectivity index (χ2n) is 8.45. The van der Waals surface area contributed by atoms with Crippen LogP contribution in [-0.4, -0.2) is 33.8 Å².